The van der Waals surface area contributed by atoms with Gasteiger partial charge in [0.15, 0.2) is 5.82 Å². The molecule has 1 atom stereocenters. The van der Waals surface area contributed by atoms with Crippen LogP contribution in [0.25, 0.3) is 0 Å². The first-order valence-electron chi connectivity index (χ1n) is 7.91. The summed E-state index contributed by atoms with van der Waals surface area (Å²) in [6.07, 6.45) is 7.23. The molecule has 6 nitrogen and oxygen atoms in total. The van der Waals surface area contributed by atoms with Crippen molar-refractivity contribution in [1.29, 1.82) is 5.26 Å². The molecule has 0 bridgehead atoms. The second-order valence-electron chi connectivity index (χ2n) is 6.17. The minimum Gasteiger partial charge on any atom is -0.391 e. The van der Waals surface area contributed by atoms with Crippen molar-refractivity contribution in [3.05, 3.63) is 5.56 Å². The van der Waals surface area contributed by atoms with Gasteiger partial charge >= 0.3 is 0 Å². The van der Waals surface area contributed by atoms with Crippen molar-refractivity contribution >= 4 is 11.6 Å². The normalized spacial score (nSPS) is 24.0. The molecule has 0 aromatic carbocycles. The Bertz CT molecular complexity index is 541. The fraction of sp³-hybridized carbons (Fsp3) is 0.733. The van der Waals surface area contributed by atoms with Crippen molar-refractivity contribution in [2.45, 2.75) is 57.1 Å². The van der Waals surface area contributed by atoms with Gasteiger partial charge in [0.1, 0.15) is 17.5 Å². The average Bonchev–Trinajstić information content (AvgIpc) is 2.85. The van der Waals surface area contributed by atoms with Gasteiger partial charge in [0, 0.05) is 13.1 Å². The summed E-state index contributed by atoms with van der Waals surface area (Å²) < 4.78 is 1.86. The van der Waals surface area contributed by atoms with E-state index >= 15 is 0 Å². The lowest BCUT2D eigenvalue weighted by Gasteiger charge is -2.30. The van der Waals surface area contributed by atoms with Crippen LogP contribution in [0.5, 0.6) is 0 Å². The Balaban J connectivity index is 1.91. The molecule has 1 aliphatic carbocycles. The fourth-order valence-electron chi connectivity index (χ4n) is 3.51. The van der Waals surface area contributed by atoms with E-state index in [0.717, 1.165) is 32.2 Å². The van der Waals surface area contributed by atoms with Crippen LogP contribution < -0.4 is 10.6 Å². The van der Waals surface area contributed by atoms with Crippen molar-refractivity contribution in [3.8, 4) is 6.07 Å². The second kappa shape index (κ2) is 5.94. The zero-order valence-corrected chi connectivity index (χ0v) is 12.3. The summed E-state index contributed by atoms with van der Waals surface area (Å²) in [7, 11) is 0. The highest BCUT2D eigenvalue weighted by atomic mass is 16.3. The molecule has 1 aromatic heterocycles. The van der Waals surface area contributed by atoms with E-state index < -0.39 is 0 Å². The highest BCUT2D eigenvalue weighted by Gasteiger charge is 2.28. The molecule has 1 unspecified atom stereocenters. The second-order valence-corrected chi connectivity index (χ2v) is 6.17. The molecule has 1 saturated heterocycles. The molecule has 1 aromatic rings. The Kier molecular flexibility index (Phi) is 4.02. The number of nitriles is 1. The SMILES string of the molecule is N#Cc1c(N2CCCC(O)C2)nn(C2CCCCC2)c1N. The van der Waals surface area contributed by atoms with Crippen LogP contribution in [-0.4, -0.2) is 34.1 Å². The lowest BCUT2D eigenvalue weighted by Crippen LogP contribution is -2.38. The molecule has 6 heteroatoms. The third-order valence-corrected chi connectivity index (χ3v) is 4.66. The highest BCUT2D eigenvalue weighted by Crippen LogP contribution is 2.34. The Morgan fingerprint density at radius 1 is 1.19 bits per heavy atom. The Morgan fingerprint density at radius 2 is 1.95 bits per heavy atom. The lowest BCUT2D eigenvalue weighted by molar-refractivity contribution is 0.153. The zero-order valence-electron chi connectivity index (χ0n) is 12.3. The van der Waals surface area contributed by atoms with Gasteiger partial charge < -0.3 is 15.7 Å². The van der Waals surface area contributed by atoms with Crippen LogP contribution in [-0.2, 0) is 0 Å². The topological polar surface area (TPSA) is 91.1 Å². The van der Waals surface area contributed by atoms with E-state index in [1.807, 2.05) is 9.58 Å². The first kappa shape index (κ1) is 14.2. The number of nitrogens with zero attached hydrogens (tertiary/aromatic N) is 4. The third kappa shape index (κ3) is 2.70. The van der Waals surface area contributed by atoms with Crippen LogP contribution >= 0.6 is 0 Å². The number of β-amino-alcohol motifs (C(OH)–C–C–N with tert-alkyl or cyclic N) is 1. The number of hydrogen-bond donors (Lipinski definition) is 2. The number of piperidine rings is 1. The summed E-state index contributed by atoms with van der Waals surface area (Å²) in [5, 5.41) is 23.9. The number of aromatic nitrogens is 2. The summed E-state index contributed by atoms with van der Waals surface area (Å²) in [6.45, 7) is 1.36. The maximum atomic E-state index is 9.84. The van der Waals surface area contributed by atoms with Gasteiger partial charge in [0.2, 0.25) is 0 Å². The lowest BCUT2D eigenvalue weighted by atomic mass is 9.96. The van der Waals surface area contributed by atoms with Gasteiger partial charge in [0.25, 0.3) is 0 Å². The molecule has 2 aliphatic rings. The molecule has 114 valence electrons. The summed E-state index contributed by atoms with van der Waals surface area (Å²) >= 11 is 0. The van der Waals surface area contributed by atoms with Crippen molar-refractivity contribution < 1.29 is 5.11 Å². The predicted octanol–water partition coefficient (Wildman–Crippen LogP) is 1.80. The maximum absolute atomic E-state index is 9.84. The van der Waals surface area contributed by atoms with E-state index in [1.54, 1.807) is 0 Å². The Morgan fingerprint density at radius 3 is 2.62 bits per heavy atom. The first-order valence-corrected chi connectivity index (χ1v) is 7.91. The average molecular weight is 289 g/mol. The summed E-state index contributed by atoms with van der Waals surface area (Å²) in [5.41, 5.74) is 6.64. The first-order chi connectivity index (χ1) is 10.2. The molecular weight excluding hydrogens is 266 g/mol. The summed E-state index contributed by atoms with van der Waals surface area (Å²) in [4.78, 5) is 2.00. The van der Waals surface area contributed by atoms with E-state index in [0.29, 0.717) is 29.8 Å². The van der Waals surface area contributed by atoms with E-state index in [4.69, 9.17) is 5.73 Å². The number of hydrogen-bond acceptors (Lipinski definition) is 5. The minimum atomic E-state index is -0.341. The number of aliphatic hydroxyl groups is 1. The summed E-state index contributed by atoms with van der Waals surface area (Å²) in [5.74, 6) is 1.14. The van der Waals surface area contributed by atoms with Crippen LogP contribution in [0.2, 0.25) is 0 Å². The molecule has 3 rings (SSSR count). The molecule has 0 amide bonds. The van der Waals surface area contributed by atoms with Crippen LogP contribution in [0.1, 0.15) is 56.6 Å². The smallest absolute Gasteiger partial charge is 0.171 e. The Labute approximate surface area is 125 Å². The van der Waals surface area contributed by atoms with Crippen LogP contribution in [0.4, 0.5) is 11.6 Å². The van der Waals surface area contributed by atoms with Crippen molar-refractivity contribution in [2.24, 2.45) is 0 Å². The molecule has 1 aliphatic heterocycles. The quantitative estimate of drug-likeness (QED) is 0.866. The Hall–Kier alpha value is -1.74. The fourth-order valence-corrected chi connectivity index (χ4v) is 3.51. The van der Waals surface area contributed by atoms with E-state index in [-0.39, 0.29) is 6.10 Å². The standard InChI is InChI=1S/C15H23N5O/c16-9-13-14(17)20(11-5-2-1-3-6-11)18-15(13)19-8-4-7-12(21)10-19/h11-12,21H,1-8,10,17H2. The molecule has 2 heterocycles. The van der Waals surface area contributed by atoms with Crippen LogP contribution in [0.15, 0.2) is 0 Å². The van der Waals surface area contributed by atoms with Crippen molar-refractivity contribution in [1.82, 2.24) is 9.78 Å². The van der Waals surface area contributed by atoms with Crippen molar-refractivity contribution in [3.63, 3.8) is 0 Å². The molecule has 0 radical (unpaired) electrons. The van der Waals surface area contributed by atoms with Gasteiger partial charge in [-0.25, -0.2) is 4.68 Å². The number of rotatable bonds is 2. The molecule has 0 spiro atoms. The zero-order chi connectivity index (χ0) is 14.8. The molecule has 2 fully saturated rings. The third-order valence-electron chi connectivity index (χ3n) is 4.66. The molecule has 3 N–H and O–H groups in total. The number of nitrogen functional groups attached to an aromatic ring is 1. The van der Waals surface area contributed by atoms with Crippen LogP contribution in [0, 0.1) is 11.3 Å². The van der Waals surface area contributed by atoms with E-state index in [1.165, 1.54) is 19.3 Å². The van der Waals surface area contributed by atoms with Crippen molar-refractivity contribution in [2.75, 3.05) is 23.7 Å². The maximum Gasteiger partial charge on any atom is 0.171 e. The van der Waals surface area contributed by atoms with Gasteiger partial charge in [-0.2, -0.15) is 10.4 Å². The largest absolute Gasteiger partial charge is 0.391 e. The van der Waals surface area contributed by atoms with Gasteiger partial charge in [-0.3, -0.25) is 0 Å². The number of anilines is 2. The minimum absolute atomic E-state index is 0.314. The predicted molar refractivity (Wildman–Crippen MR) is 80.9 cm³/mol. The van der Waals surface area contributed by atoms with E-state index in [9.17, 15) is 10.4 Å². The highest BCUT2D eigenvalue weighted by molar-refractivity contribution is 5.65. The van der Waals surface area contributed by atoms with Gasteiger partial charge in [0.05, 0.1) is 12.1 Å². The van der Waals surface area contributed by atoms with Gasteiger partial charge in [-0.1, -0.05) is 19.3 Å². The summed E-state index contributed by atoms with van der Waals surface area (Å²) in [6, 6.07) is 2.52. The van der Waals surface area contributed by atoms with Gasteiger partial charge in [-0.05, 0) is 25.7 Å². The molecule has 21 heavy (non-hydrogen) atoms. The van der Waals surface area contributed by atoms with E-state index in [2.05, 4.69) is 11.2 Å². The van der Waals surface area contributed by atoms with Crippen LogP contribution in [0.3, 0.4) is 0 Å². The number of nitrogens with two attached hydrogens (primary N) is 1. The number of aliphatic hydroxyl groups excluding tert-OH is 1. The molecule has 1 saturated carbocycles. The van der Waals surface area contributed by atoms with Gasteiger partial charge in [-0.15, -0.1) is 0 Å². The monoisotopic (exact) mass is 289 g/mol. The molecular formula is C15H23N5O.